The van der Waals surface area contributed by atoms with Crippen LogP contribution in [0.15, 0.2) is 30.3 Å². The smallest absolute Gasteiger partial charge is 0.335 e. The van der Waals surface area contributed by atoms with Crippen molar-refractivity contribution in [1.29, 1.82) is 0 Å². The maximum atomic E-state index is 10.2. The van der Waals surface area contributed by atoms with E-state index >= 15 is 0 Å². The quantitative estimate of drug-likeness (QED) is 0.700. The molecule has 0 aliphatic carbocycles. The van der Waals surface area contributed by atoms with E-state index in [9.17, 15) is 4.79 Å². The van der Waals surface area contributed by atoms with Crippen molar-refractivity contribution in [2.45, 2.75) is 0 Å². The van der Waals surface area contributed by atoms with Crippen molar-refractivity contribution in [1.82, 2.24) is 5.32 Å². The fourth-order valence-electron chi connectivity index (χ4n) is 0.942. The summed E-state index contributed by atoms with van der Waals surface area (Å²) in [4.78, 5) is 10.2. The van der Waals surface area contributed by atoms with Gasteiger partial charge in [-0.25, -0.2) is 4.79 Å². The molecule has 0 amide bonds. The number of hydrogen-bond acceptors (Lipinski definition) is 3. The lowest BCUT2D eigenvalue weighted by molar-refractivity contribution is 0.0697. The van der Waals surface area contributed by atoms with E-state index in [1.54, 1.807) is 30.3 Å². The second-order valence-corrected chi connectivity index (χ2v) is 2.72. The fourth-order valence-corrected chi connectivity index (χ4v) is 0.942. The maximum absolute atomic E-state index is 10.2. The second-order valence-electron chi connectivity index (χ2n) is 2.72. The summed E-state index contributed by atoms with van der Waals surface area (Å²) < 4.78 is 4.83. The van der Waals surface area contributed by atoms with E-state index in [4.69, 9.17) is 9.84 Å². The van der Waals surface area contributed by atoms with Gasteiger partial charge in [0.25, 0.3) is 0 Å². The number of carbonyl (C=O) groups is 1. The van der Waals surface area contributed by atoms with E-state index < -0.39 is 5.97 Å². The predicted molar refractivity (Wildman–Crippen MR) is 52.2 cm³/mol. The number of aromatic carboxylic acids is 1. The van der Waals surface area contributed by atoms with Crippen LogP contribution in [0.25, 0.3) is 0 Å². The van der Waals surface area contributed by atoms with Gasteiger partial charge in [-0.3, -0.25) is 5.32 Å². The van der Waals surface area contributed by atoms with Crippen LogP contribution < -0.4 is 5.32 Å². The normalized spacial score (nSPS) is 14.3. The molecule has 1 aromatic carbocycles. The number of carboxylic acid groups (broad SMARTS) is 1. The van der Waals surface area contributed by atoms with Gasteiger partial charge in [-0.1, -0.05) is 18.2 Å². The monoisotopic (exact) mass is 195 g/mol. The number of benzene rings is 1. The Kier molecular flexibility index (Phi) is 4.68. The molecule has 0 unspecified atom stereocenters. The second kappa shape index (κ2) is 6.12. The number of ether oxygens (including phenoxy) is 1. The van der Waals surface area contributed by atoms with E-state index in [1.807, 2.05) is 0 Å². The Morgan fingerprint density at radius 1 is 1.36 bits per heavy atom. The minimum absolute atomic E-state index is 0.331. The Balaban J connectivity index is 0.000000165. The molecule has 0 radical (unpaired) electrons. The first-order chi connectivity index (χ1) is 6.80. The average molecular weight is 195 g/mol. The molecule has 0 bridgehead atoms. The molecule has 2 rings (SSSR count). The molecule has 1 aliphatic rings. The van der Waals surface area contributed by atoms with Crippen LogP contribution in [0.5, 0.6) is 0 Å². The van der Waals surface area contributed by atoms with Crippen LogP contribution in [0, 0.1) is 0 Å². The van der Waals surface area contributed by atoms with Gasteiger partial charge in [0, 0.05) is 6.54 Å². The fraction of sp³-hybridized carbons (Fsp3) is 0.300. The molecular formula is C10H13NO3. The highest BCUT2D eigenvalue weighted by molar-refractivity contribution is 5.87. The summed E-state index contributed by atoms with van der Waals surface area (Å²) in [7, 11) is 0. The van der Waals surface area contributed by atoms with E-state index in [-0.39, 0.29) is 0 Å². The Hall–Kier alpha value is -1.39. The van der Waals surface area contributed by atoms with Crippen molar-refractivity contribution < 1.29 is 14.6 Å². The van der Waals surface area contributed by atoms with Crippen molar-refractivity contribution >= 4 is 5.97 Å². The van der Waals surface area contributed by atoms with Gasteiger partial charge in [-0.05, 0) is 12.1 Å². The lowest BCUT2D eigenvalue weighted by atomic mass is 10.2. The molecule has 1 fully saturated rings. The van der Waals surface area contributed by atoms with Crippen molar-refractivity contribution in [3.63, 3.8) is 0 Å². The summed E-state index contributed by atoms with van der Waals surface area (Å²) in [5.74, 6) is -0.879. The molecule has 4 heteroatoms. The molecule has 1 aromatic rings. The molecule has 2 N–H and O–H groups in total. The molecule has 1 heterocycles. The van der Waals surface area contributed by atoms with Gasteiger partial charge in [0.1, 0.15) is 0 Å². The molecule has 0 spiro atoms. The van der Waals surface area contributed by atoms with Crippen LogP contribution in [-0.2, 0) is 4.74 Å². The van der Waals surface area contributed by atoms with Crippen LogP contribution in [-0.4, -0.2) is 31.0 Å². The number of rotatable bonds is 1. The van der Waals surface area contributed by atoms with Gasteiger partial charge in [-0.2, -0.15) is 0 Å². The van der Waals surface area contributed by atoms with E-state index in [0.717, 1.165) is 19.9 Å². The third-order valence-corrected chi connectivity index (χ3v) is 1.65. The standard InChI is InChI=1S/C7H6O2.C3H7NO/c8-7(9)6-4-2-1-3-5-6;1-2-5-3-4-1/h1-5H,(H,8,9);4H,1-3H2. The van der Waals surface area contributed by atoms with Gasteiger partial charge in [0.15, 0.2) is 0 Å². The molecule has 0 atom stereocenters. The molecule has 1 saturated heterocycles. The summed E-state index contributed by atoms with van der Waals surface area (Å²) in [6.07, 6.45) is 0. The summed E-state index contributed by atoms with van der Waals surface area (Å²) in [5.41, 5.74) is 0.331. The third kappa shape index (κ3) is 4.02. The molecular weight excluding hydrogens is 182 g/mol. The topological polar surface area (TPSA) is 58.6 Å². The number of nitrogens with one attached hydrogen (secondary N) is 1. The summed E-state index contributed by atoms with van der Waals surface area (Å²) in [6, 6.07) is 8.30. The molecule has 14 heavy (non-hydrogen) atoms. The lowest BCUT2D eigenvalue weighted by Crippen LogP contribution is -2.05. The molecule has 0 saturated carbocycles. The zero-order valence-corrected chi connectivity index (χ0v) is 7.77. The Morgan fingerprint density at radius 3 is 2.36 bits per heavy atom. The first-order valence-electron chi connectivity index (χ1n) is 4.37. The summed E-state index contributed by atoms with van der Waals surface area (Å²) in [5, 5.41) is 11.4. The third-order valence-electron chi connectivity index (χ3n) is 1.65. The highest BCUT2D eigenvalue weighted by Crippen LogP contribution is 1.96. The van der Waals surface area contributed by atoms with E-state index in [0.29, 0.717) is 5.56 Å². The lowest BCUT2D eigenvalue weighted by Gasteiger charge is -1.88. The Bertz CT molecular complexity index is 262. The largest absolute Gasteiger partial charge is 0.478 e. The van der Waals surface area contributed by atoms with Crippen LogP contribution in [0.4, 0.5) is 0 Å². The first kappa shape index (κ1) is 10.7. The molecule has 76 valence electrons. The van der Waals surface area contributed by atoms with Crippen molar-refractivity contribution in [3.8, 4) is 0 Å². The Labute approximate surface area is 82.5 Å². The van der Waals surface area contributed by atoms with Crippen LogP contribution in [0.1, 0.15) is 10.4 Å². The minimum atomic E-state index is -0.879. The van der Waals surface area contributed by atoms with Gasteiger partial charge < -0.3 is 9.84 Å². The maximum Gasteiger partial charge on any atom is 0.335 e. The molecule has 4 nitrogen and oxygen atoms in total. The van der Waals surface area contributed by atoms with Crippen LogP contribution in [0.2, 0.25) is 0 Å². The number of carboxylic acids is 1. The van der Waals surface area contributed by atoms with Crippen molar-refractivity contribution in [2.24, 2.45) is 0 Å². The minimum Gasteiger partial charge on any atom is -0.478 e. The highest BCUT2D eigenvalue weighted by Gasteiger charge is 1.96. The van der Waals surface area contributed by atoms with Crippen LogP contribution in [0.3, 0.4) is 0 Å². The zero-order valence-electron chi connectivity index (χ0n) is 7.77. The van der Waals surface area contributed by atoms with Crippen molar-refractivity contribution in [3.05, 3.63) is 35.9 Å². The van der Waals surface area contributed by atoms with E-state index in [1.165, 1.54) is 0 Å². The van der Waals surface area contributed by atoms with E-state index in [2.05, 4.69) is 5.32 Å². The van der Waals surface area contributed by atoms with Crippen molar-refractivity contribution in [2.75, 3.05) is 19.9 Å². The predicted octanol–water partition coefficient (Wildman–Crippen LogP) is 0.948. The highest BCUT2D eigenvalue weighted by atomic mass is 16.5. The molecule has 0 aromatic heterocycles. The number of hydrogen-bond donors (Lipinski definition) is 2. The SMILES string of the molecule is C1COCN1.O=C(O)c1ccccc1. The van der Waals surface area contributed by atoms with Gasteiger partial charge in [-0.15, -0.1) is 0 Å². The average Bonchev–Trinajstić information content (AvgIpc) is 2.77. The van der Waals surface area contributed by atoms with Crippen LogP contribution >= 0.6 is 0 Å². The molecule has 1 aliphatic heterocycles. The Morgan fingerprint density at radius 2 is 2.07 bits per heavy atom. The zero-order chi connectivity index (χ0) is 10.2. The van der Waals surface area contributed by atoms with Gasteiger partial charge in [0.05, 0.1) is 18.9 Å². The summed E-state index contributed by atoms with van der Waals surface area (Å²) in [6.45, 7) is 2.67. The van der Waals surface area contributed by atoms with Gasteiger partial charge in [0.2, 0.25) is 0 Å². The first-order valence-corrected chi connectivity index (χ1v) is 4.37. The summed E-state index contributed by atoms with van der Waals surface area (Å²) >= 11 is 0. The van der Waals surface area contributed by atoms with Gasteiger partial charge >= 0.3 is 5.97 Å².